The first-order valence-corrected chi connectivity index (χ1v) is 9.55. The van der Waals surface area contributed by atoms with Crippen LogP contribution in [0, 0.1) is 0 Å². The fourth-order valence-corrected chi connectivity index (χ4v) is 2.51. The Morgan fingerprint density at radius 3 is 2.23 bits per heavy atom. The van der Waals surface area contributed by atoms with Crippen molar-refractivity contribution in [2.24, 2.45) is 5.73 Å². The molecule has 1 aromatic carbocycles. The summed E-state index contributed by atoms with van der Waals surface area (Å²) in [6.45, 7) is 3.47. The van der Waals surface area contributed by atoms with Gasteiger partial charge in [-0.15, -0.1) is 0 Å². The number of benzene rings is 1. The largest absolute Gasteiger partial charge is 0.493 e. The van der Waals surface area contributed by atoms with Gasteiger partial charge >= 0.3 is 6.01 Å². The lowest BCUT2D eigenvalue weighted by Gasteiger charge is -2.14. The maximum absolute atomic E-state index is 5.47. The number of para-hydroxylation sites is 1. The standard InChI is InChI=1S/C19H30N6O5/c1-26-15-6-4-5-14(16(15)27-2)13-22-18-23-17(24-19(25-18)28-3)21-8-10-30-12-11-29-9-7-20/h4-6H,7-13,20H2,1-3H3,(H2,21,22,23,24,25). The Morgan fingerprint density at radius 2 is 1.57 bits per heavy atom. The summed E-state index contributed by atoms with van der Waals surface area (Å²) in [6.07, 6.45) is 0. The highest BCUT2D eigenvalue weighted by Gasteiger charge is 2.11. The fraction of sp³-hybridized carbons (Fsp3) is 0.526. The lowest BCUT2D eigenvalue weighted by Crippen LogP contribution is -2.16. The van der Waals surface area contributed by atoms with E-state index in [1.54, 1.807) is 14.2 Å². The van der Waals surface area contributed by atoms with E-state index >= 15 is 0 Å². The third-order valence-electron chi connectivity index (χ3n) is 3.88. The minimum atomic E-state index is 0.198. The van der Waals surface area contributed by atoms with Gasteiger partial charge in [-0.2, -0.15) is 15.0 Å². The Labute approximate surface area is 176 Å². The summed E-state index contributed by atoms with van der Waals surface area (Å²) in [5, 5.41) is 6.24. The van der Waals surface area contributed by atoms with Crippen LogP contribution in [0.4, 0.5) is 11.9 Å². The predicted octanol–water partition coefficient (Wildman–Crippen LogP) is 0.913. The number of methoxy groups -OCH3 is 3. The fourth-order valence-electron chi connectivity index (χ4n) is 2.51. The molecule has 0 aliphatic heterocycles. The summed E-state index contributed by atoms with van der Waals surface area (Å²) < 4.78 is 26.7. The van der Waals surface area contributed by atoms with Gasteiger partial charge in [0.1, 0.15) is 0 Å². The highest BCUT2D eigenvalue weighted by Crippen LogP contribution is 2.31. The van der Waals surface area contributed by atoms with Crippen LogP contribution in [0.3, 0.4) is 0 Å². The number of ether oxygens (including phenoxy) is 5. The molecule has 4 N–H and O–H groups in total. The van der Waals surface area contributed by atoms with E-state index in [0.717, 1.165) is 5.56 Å². The monoisotopic (exact) mass is 422 g/mol. The van der Waals surface area contributed by atoms with Gasteiger partial charge in [-0.3, -0.25) is 0 Å². The van der Waals surface area contributed by atoms with Gasteiger partial charge in [0.15, 0.2) is 11.5 Å². The second-order valence-corrected chi connectivity index (χ2v) is 5.92. The van der Waals surface area contributed by atoms with Crippen molar-refractivity contribution >= 4 is 11.9 Å². The smallest absolute Gasteiger partial charge is 0.322 e. The van der Waals surface area contributed by atoms with E-state index < -0.39 is 0 Å². The van der Waals surface area contributed by atoms with Gasteiger partial charge in [0.2, 0.25) is 11.9 Å². The van der Waals surface area contributed by atoms with E-state index in [1.165, 1.54) is 7.11 Å². The van der Waals surface area contributed by atoms with Gasteiger partial charge in [-0.05, 0) is 6.07 Å². The molecule has 0 saturated heterocycles. The highest BCUT2D eigenvalue weighted by molar-refractivity contribution is 5.48. The number of nitrogens with two attached hydrogens (primary N) is 1. The Bertz CT molecular complexity index is 764. The van der Waals surface area contributed by atoms with Gasteiger partial charge in [-0.25, -0.2) is 0 Å². The third-order valence-corrected chi connectivity index (χ3v) is 3.88. The molecule has 0 bridgehead atoms. The van der Waals surface area contributed by atoms with Crippen LogP contribution in [-0.4, -0.2) is 75.8 Å². The van der Waals surface area contributed by atoms with Crippen molar-refractivity contribution in [3.63, 3.8) is 0 Å². The van der Waals surface area contributed by atoms with E-state index in [0.29, 0.717) is 69.5 Å². The van der Waals surface area contributed by atoms with Crippen molar-refractivity contribution in [1.29, 1.82) is 0 Å². The highest BCUT2D eigenvalue weighted by atomic mass is 16.5. The van der Waals surface area contributed by atoms with Gasteiger partial charge in [0, 0.05) is 25.2 Å². The number of hydrogen-bond acceptors (Lipinski definition) is 11. The topological polar surface area (TPSA) is 135 Å². The van der Waals surface area contributed by atoms with E-state index in [-0.39, 0.29) is 6.01 Å². The van der Waals surface area contributed by atoms with Crippen molar-refractivity contribution in [3.8, 4) is 17.5 Å². The normalized spacial score (nSPS) is 10.5. The maximum Gasteiger partial charge on any atom is 0.322 e. The van der Waals surface area contributed by atoms with E-state index in [1.807, 2.05) is 18.2 Å². The summed E-state index contributed by atoms with van der Waals surface area (Å²) in [7, 11) is 4.70. The van der Waals surface area contributed by atoms with Crippen molar-refractivity contribution in [2.75, 3.05) is 71.5 Å². The minimum absolute atomic E-state index is 0.198. The second kappa shape index (κ2) is 13.4. The molecule has 0 aliphatic rings. The zero-order valence-electron chi connectivity index (χ0n) is 17.6. The molecule has 2 rings (SSSR count). The van der Waals surface area contributed by atoms with Crippen molar-refractivity contribution in [3.05, 3.63) is 23.8 Å². The number of nitrogens with one attached hydrogen (secondary N) is 2. The maximum atomic E-state index is 5.47. The first-order valence-electron chi connectivity index (χ1n) is 9.55. The minimum Gasteiger partial charge on any atom is -0.493 e. The molecule has 2 aromatic rings. The van der Waals surface area contributed by atoms with Gasteiger partial charge < -0.3 is 40.1 Å². The zero-order valence-corrected chi connectivity index (χ0v) is 17.6. The molecule has 1 aromatic heterocycles. The van der Waals surface area contributed by atoms with Crippen LogP contribution in [0.5, 0.6) is 17.5 Å². The van der Waals surface area contributed by atoms with Crippen LogP contribution < -0.4 is 30.6 Å². The quantitative estimate of drug-likeness (QED) is 0.353. The Morgan fingerprint density at radius 1 is 0.833 bits per heavy atom. The Kier molecular flexibility index (Phi) is 10.4. The molecular weight excluding hydrogens is 392 g/mol. The first-order chi connectivity index (χ1) is 14.7. The van der Waals surface area contributed by atoms with E-state index in [2.05, 4.69) is 25.6 Å². The summed E-state index contributed by atoms with van der Waals surface area (Å²) in [6, 6.07) is 5.85. The van der Waals surface area contributed by atoms with Crippen LogP contribution in [0.2, 0.25) is 0 Å². The molecule has 0 atom stereocenters. The summed E-state index contributed by atoms with van der Waals surface area (Å²) >= 11 is 0. The van der Waals surface area contributed by atoms with Crippen LogP contribution in [-0.2, 0) is 16.0 Å². The van der Waals surface area contributed by atoms with Crippen molar-refractivity contribution in [1.82, 2.24) is 15.0 Å². The second-order valence-electron chi connectivity index (χ2n) is 5.92. The zero-order chi connectivity index (χ0) is 21.6. The summed E-state index contributed by atoms with van der Waals surface area (Å²) in [5.74, 6) is 2.05. The average Bonchev–Trinajstić information content (AvgIpc) is 2.78. The number of anilines is 2. The summed E-state index contributed by atoms with van der Waals surface area (Å²) in [5.41, 5.74) is 6.25. The number of hydrogen-bond donors (Lipinski definition) is 3. The first kappa shape index (κ1) is 23.4. The van der Waals surface area contributed by atoms with Crippen LogP contribution in [0.15, 0.2) is 18.2 Å². The molecule has 0 unspecified atom stereocenters. The van der Waals surface area contributed by atoms with Gasteiger partial charge in [-0.1, -0.05) is 12.1 Å². The molecule has 166 valence electrons. The molecule has 11 nitrogen and oxygen atoms in total. The van der Waals surface area contributed by atoms with Gasteiger partial charge in [0.25, 0.3) is 0 Å². The lowest BCUT2D eigenvalue weighted by atomic mass is 10.2. The molecule has 30 heavy (non-hydrogen) atoms. The number of rotatable bonds is 15. The molecule has 0 amide bonds. The van der Waals surface area contributed by atoms with E-state index in [9.17, 15) is 0 Å². The van der Waals surface area contributed by atoms with Crippen molar-refractivity contribution < 1.29 is 23.7 Å². The third kappa shape index (κ3) is 7.50. The SMILES string of the molecule is COc1nc(NCCOCCOCCN)nc(NCc2cccc(OC)c2OC)n1. The molecular formula is C19H30N6O5. The number of nitrogens with zero attached hydrogens (tertiary/aromatic N) is 3. The molecule has 0 spiro atoms. The molecule has 0 radical (unpaired) electrons. The average molecular weight is 422 g/mol. The molecule has 0 saturated carbocycles. The molecule has 1 heterocycles. The van der Waals surface area contributed by atoms with E-state index in [4.69, 9.17) is 29.4 Å². The van der Waals surface area contributed by atoms with Gasteiger partial charge in [0.05, 0.1) is 47.8 Å². The molecule has 11 heteroatoms. The van der Waals surface area contributed by atoms with Crippen LogP contribution >= 0.6 is 0 Å². The van der Waals surface area contributed by atoms with Crippen LogP contribution in [0.1, 0.15) is 5.56 Å². The number of aromatic nitrogens is 3. The van der Waals surface area contributed by atoms with Crippen LogP contribution in [0.25, 0.3) is 0 Å². The lowest BCUT2D eigenvalue weighted by molar-refractivity contribution is 0.0547. The van der Waals surface area contributed by atoms with Crippen molar-refractivity contribution in [2.45, 2.75) is 6.54 Å². The summed E-state index contributed by atoms with van der Waals surface area (Å²) in [4.78, 5) is 12.8. The Balaban J connectivity index is 1.90. The molecule has 0 aliphatic carbocycles. The Hall–Kier alpha value is -2.89. The molecule has 0 fully saturated rings. The predicted molar refractivity (Wildman–Crippen MR) is 112 cm³/mol.